The van der Waals surface area contributed by atoms with Crippen LogP contribution in [0, 0.1) is 0 Å². The van der Waals surface area contributed by atoms with Crippen LogP contribution < -0.4 is 5.32 Å². The molecule has 1 N–H and O–H groups in total. The molecule has 0 atom stereocenters. The minimum absolute atomic E-state index is 0.229. The minimum Gasteiger partial charge on any atom is -0.369 e. The number of nitrogens with zero attached hydrogens (tertiary/aromatic N) is 4. The maximum atomic E-state index is 5.72. The van der Waals surface area contributed by atoms with Gasteiger partial charge in [-0.2, -0.15) is 4.98 Å². The van der Waals surface area contributed by atoms with E-state index in [9.17, 15) is 0 Å². The van der Waals surface area contributed by atoms with Gasteiger partial charge in [-0.05, 0) is 27.5 Å². The van der Waals surface area contributed by atoms with Crippen molar-refractivity contribution >= 4 is 33.3 Å². The van der Waals surface area contributed by atoms with Crippen molar-refractivity contribution in [2.75, 3.05) is 11.9 Å². The molecule has 0 fully saturated rings. The number of aryl methyl sites for hydroxylation is 1. The zero-order valence-corrected chi connectivity index (χ0v) is 11.5. The summed E-state index contributed by atoms with van der Waals surface area (Å²) in [6.45, 7) is 0.733. The molecule has 0 spiro atoms. The van der Waals surface area contributed by atoms with Crippen LogP contribution in [0.2, 0.25) is 5.28 Å². The topological polar surface area (TPSA) is 55.6 Å². The van der Waals surface area contributed by atoms with Gasteiger partial charge in [-0.1, -0.05) is 0 Å². The van der Waals surface area contributed by atoms with Crippen molar-refractivity contribution in [1.82, 2.24) is 19.5 Å². The smallest absolute Gasteiger partial charge is 0.224 e. The molecule has 2 aromatic heterocycles. The molecule has 0 aromatic carbocycles. The van der Waals surface area contributed by atoms with Gasteiger partial charge < -0.3 is 9.88 Å². The second-order valence-corrected chi connectivity index (χ2v) is 4.66. The van der Waals surface area contributed by atoms with E-state index in [2.05, 4.69) is 36.2 Å². The Morgan fingerprint density at radius 1 is 1.47 bits per heavy atom. The molecule has 0 saturated carbocycles. The minimum atomic E-state index is 0.229. The average Bonchev–Trinajstić information content (AvgIpc) is 2.70. The third-order valence-electron chi connectivity index (χ3n) is 2.28. The summed E-state index contributed by atoms with van der Waals surface area (Å²) in [5, 5.41) is 3.41. The molecule has 0 amide bonds. The van der Waals surface area contributed by atoms with Crippen molar-refractivity contribution < 1.29 is 0 Å². The molecule has 0 radical (unpaired) electrons. The lowest BCUT2D eigenvalue weighted by atomic mass is 10.4. The summed E-state index contributed by atoms with van der Waals surface area (Å²) in [6.07, 6.45) is 6.15. The first-order chi connectivity index (χ1) is 8.16. The predicted molar refractivity (Wildman–Crippen MR) is 70.1 cm³/mol. The first-order valence-electron chi connectivity index (χ1n) is 5.05. The normalized spacial score (nSPS) is 10.5. The maximum absolute atomic E-state index is 5.72. The van der Waals surface area contributed by atoms with E-state index in [0.29, 0.717) is 5.82 Å². The van der Waals surface area contributed by atoms with E-state index in [-0.39, 0.29) is 5.28 Å². The van der Waals surface area contributed by atoms with Crippen LogP contribution >= 0.6 is 27.5 Å². The zero-order valence-electron chi connectivity index (χ0n) is 9.19. The van der Waals surface area contributed by atoms with Crippen LogP contribution in [-0.4, -0.2) is 26.1 Å². The number of rotatable bonds is 4. The maximum Gasteiger partial charge on any atom is 0.224 e. The first-order valence-corrected chi connectivity index (χ1v) is 6.22. The Morgan fingerprint density at radius 3 is 3.00 bits per heavy atom. The Kier molecular flexibility index (Phi) is 3.96. The quantitative estimate of drug-likeness (QED) is 0.879. The largest absolute Gasteiger partial charge is 0.369 e. The van der Waals surface area contributed by atoms with Crippen molar-refractivity contribution in [2.45, 2.75) is 6.42 Å². The van der Waals surface area contributed by atoms with E-state index < -0.39 is 0 Å². The number of aromatic nitrogens is 4. The Labute approximate surface area is 112 Å². The van der Waals surface area contributed by atoms with Gasteiger partial charge in [-0.15, -0.1) is 0 Å². The summed E-state index contributed by atoms with van der Waals surface area (Å²) >= 11 is 9.08. The molecule has 0 bridgehead atoms. The van der Waals surface area contributed by atoms with E-state index >= 15 is 0 Å². The molecular formula is C10H11BrClN5. The fourth-order valence-electron chi connectivity index (χ4n) is 1.40. The van der Waals surface area contributed by atoms with Crippen LogP contribution in [0.15, 0.2) is 23.1 Å². The van der Waals surface area contributed by atoms with Gasteiger partial charge in [0.1, 0.15) is 11.6 Å². The van der Waals surface area contributed by atoms with Gasteiger partial charge >= 0.3 is 0 Å². The van der Waals surface area contributed by atoms with Gasteiger partial charge in [0, 0.05) is 38.6 Å². The lowest BCUT2D eigenvalue weighted by molar-refractivity contribution is 0.788. The predicted octanol–water partition coefficient (Wildman–Crippen LogP) is 2.28. The van der Waals surface area contributed by atoms with Gasteiger partial charge in [-0.25, -0.2) is 9.97 Å². The van der Waals surface area contributed by atoms with Gasteiger partial charge in [0.05, 0.1) is 4.47 Å². The van der Waals surface area contributed by atoms with Crippen LogP contribution in [0.3, 0.4) is 0 Å². The highest BCUT2D eigenvalue weighted by Crippen LogP contribution is 2.19. The molecule has 0 saturated heterocycles. The highest BCUT2D eigenvalue weighted by molar-refractivity contribution is 9.10. The molecule has 2 rings (SSSR count). The molecule has 2 heterocycles. The summed E-state index contributed by atoms with van der Waals surface area (Å²) in [6, 6.07) is 0. The number of nitrogens with one attached hydrogen (secondary N) is 1. The number of anilines is 1. The van der Waals surface area contributed by atoms with Crippen molar-refractivity contribution in [2.24, 2.45) is 7.05 Å². The Bertz CT molecular complexity index is 513. The molecule has 2 aromatic rings. The third kappa shape index (κ3) is 3.17. The fourth-order valence-corrected chi connectivity index (χ4v) is 1.86. The first kappa shape index (κ1) is 12.3. The molecule has 0 aliphatic rings. The van der Waals surface area contributed by atoms with E-state index in [4.69, 9.17) is 11.6 Å². The number of halogens is 2. The van der Waals surface area contributed by atoms with Crippen molar-refractivity contribution in [3.63, 3.8) is 0 Å². The van der Waals surface area contributed by atoms with Gasteiger partial charge in [0.15, 0.2) is 0 Å². The Hall–Kier alpha value is -1.14. The molecular weight excluding hydrogens is 306 g/mol. The van der Waals surface area contributed by atoms with Gasteiger partial charge in [0.2, 0.25) is 5.28 Å². The molecule has 90 valence electrons. The number of hydrogen-bond donors (Lipinski definition) is 1. The van der Waals surface area contributed by atoms with Crippen molar-refractivity contribution in [3.8, 4) is 0 Å². The SMILES string of the molecule is Cn1ccnc1CCNc1nc(Cl)ncc1Br. The Balaban J connectivity index is 1.94. The van der Waals surface area contributed by atoms with Crippen LogP contribution in [0.25, 0.3) is 0 Å². The van der Waals surface area contributed by atoms with E-state index in [1.165, 1.54) is 0 Å². The van der Waals surface area contributed by atoms with Crippen LogP contribution in [-0.2, 0) is 13.5 Å². The van der Waals surface area contributed by atoms with Crippen LogP contribution in [0.1, 0.15) is 5.82 Å². The highest BCUT2D eigenvalue weighted by Gasteiger charge is 2.04. The lowest BCUT2D eigenvalue weighted by Gasteiger charge is -2.07. The van der Waals surface area contributed by atoms with E-state index in [0.717, 1.165) is 23.3 Å². The van der Waals surface area contributed by atoms with Crippen LogP contribution in [0.5, 0.6) is 0 Å². The number of hydrogen-bond acceptors (Lipinski definition) is 4. The Morgan fingerprint density at radius 2 is 2.29 bits per heavy atom. The third-order valence-corrected chi connectivity index (χ3v) is 3.04. The second-order valence-electron chi connectivity index (χ2n) is 3.47. The van der Waals surface area contributed by atoms with Gasteiger partial charge in [-0.3, -0.25) is 0 Å². The molecule has 5 nitrogen and oxygen atoms in total. The zero-order chi connectivity index (χ0) is 12.3. The molecule has 0 aliphatic heterocycles. The van der Waals surface area contributed by atoms with Crippen molar-refractivity contribution in [3.05, 3.63) is 34.2 Å². The molecule has 0 unspecified atom stereocenters. The summed E-state index contributed by atoms with van der Waals surface area (Å²) < 4.78 is 2.78. The summed E-state index contributed by atoms with van der Waals surface area (Å²) in [5.41, 5.74) is 0. The molecule has 17 heavy (non-hydrogen) atoms. The van der Waals surface area contributed by atoms with Crippen LogP contribution in [0.4, 0.5) is 5.82 Å². The second kappa shape index (κ2) is 5.46. The van der Waals surface area contributed by atoms with Crippen molar-refractivity contribution in [1.29, 1.82) is 0 Å². The standard InChI is InChI=1S/C10H11BrClN5/c1-17-5-4-13-8(17)2-3-14-9-7(11)6-15-10(12)16-9/h4-6H,2-3H2,1H3,(H,14,15,16). The fraction of sp³-hybridized carbons (Fsp3) is 0.300. The molecule has 7 heteroatoms. The number of imidazole rings is 1. The summed E-state index contributed by atoms with van der Waals surface area (Å²) in [7, 11) is 1.97. The summed E-state index contributed by atoms with van der Waals surface area (Å²) in [5.74, 6) is 1.72. The van der Waals surface area contributed by atoms with E-state index in [1.54, 1.807) is 12.4 Å². The highest BCUT2D eigenvalue weighted by atomic mass is 79.9. The summed E-state index contributed by atoms with van der Waals surface area (Å²) in [4.78, 5) is 12.2. The monoisotopic (exact) mass is 315 g/mol. The molecule has 0 aliphatic carbocycles. The van der Waals surface area contributed by atoms with E-state index in [1.807, 2.05) is 17.8 Å². The lowest BCUT2D eigenvalue weighted by Crippen LogP contribution is -2.10. The average molecular weight is 317 g/mol. The van der Waals surface area contributed by atoms with Gasteiger partial charge in [0.25, 0.3) is 0 Å².